The minimum atomic E-state index is -1.82. The Kier molecular flexibility index (Phi) is 4.97. The third kappa shape index (κ3) is 2.75. The summed E-state index contributed by atoms with van der Waals surface area (Å²) >= 11 is 0. The zero-order valence-corrected chi connectivity index (χ0v) is 14.0. The van der Waals surface area contributed by atoms with Crippen molar-refractivity contribution in [3.63, 3.8) is 0 Å². The summed E-state index contributed by atoms with van der Waals surface area (Å²) in [5.41, 5.74) is -1.04. The second-order valence-electron chi connectivity index (χ2n) is 5.25. The maximum Gasteiger partial charge on any atom is 0.348 e. The lowest BCUT2D eigenvalue weighted by molar-refractivity contribution is -0.140. The van der Waals surface area contributed by atoms with Gasteiger partial charge < -0.3 is 9.47 Å². The number of carbonyl (C=O) groups is 2. The van der Waals surface area contributed by atoms with Crippen molar-refractivity contribution >= 4 is 23.2 Å². The van der Waals surface area contributed by atoms with Crippen LogP contribution in [0.15, 0.2) is 30.0 Å². The zero-order valence-electron chi connectivity index (χ0n) is 14.0. The van der Waals surface area contributed by atoms with Gasteiger partial charge in [-0.05, 0) is 32.9 Å². The molecule has 1 atom stereocenters. The highest BCUT2D eigenvalue weighted by Gasteiger charge is 2.45. The quantitative estimate of drug-likeness (QED) is 0.346. The van der Waals surface area contributed by atoms with E-state index in [0.29, 0.717) is 11.2 Å². The number of esters is 1. The third-order valence-corrected chi connectivity index (χ3v) is 3.84. The summed E-state index contributed by atoms with van der Waals surface area (Å²) in [7, 11) is 1.25. The molecule has 0 bridgehead atoms. The average molecular weight is 330 g/mol. The fourth-order valence-corrected chi connectivity index (χ4v) is 2.48. The van der Waals surface area contributed by atoms with Crippen molar-refractivity contribution in [1.29, 1.82) is 0 Å². The van der Waals surface area contributed by atoms with Crippen LogP contribution in [0.4, 0.5) is 0 Å². The molecular formula is C17H18N2O5. The van der Waals surface area contributed by atoms with Crippen molar-refractivity contribution in [3.8, 4) is 0 Å². The summed E-state index contributed by atoms with van der Waals surface area (Å²) < 4.78 is 11.6. The number of fused-ring (bicyclic) bond motifs is 1. The Labute approximate surface area is 138 Å². The Morgan fingerprint density at radius 1 is 1.38 bits per heavy atom. The minimum absolute atomic E-state index is 0.0632. The van der Waals surface area contributed by atoms with Gasteiger partial charge in [-0.15, -0.1) is 0 Å². The van der Waals surface area contributed by atoms with E-state index in [2.05, 4.69) is 5.10 Å². The minimum Gasteiger partial charge on any atom is -0.462 e. The van der Waals surface area contributed by atoms with Gasteiger partial charge in [0.25, 0.3) is 0 Å². The molecule has 1 unspecified atom stereocenters. The van der Waals surface area contributed by atoms with E-state index in [1.165, 1.54) is 20.0 Å². The molecule has 0 saturated carbocycles. The number of aromatic nitrogens is 2. The second kappa shape index (κ2) is 6.78. The number of ketones is 1. The molecular weight excluding hydrogens is 312 g/mol. The number of hydrogen-bond acceptors (Lipinski definition) is 6. The van der Waals surface area contributed by atoms with Gasteiger partial charge in [-0.2, -0.15) is 5.10 Å². The Morgan fingerprint density at radius 3 is 2.67 bits per heavy atom. The number of hydrogen-bond donors (Lipinski definition) is 0. The molecule has 0 spiro atoms. The lowest BCUT2D eigenvalue weighted by atomic mass is 9.87. The lowest BCUT2D eigenvalue weighted by Gasteiger charge is -2.25. The summed E-state index contributed by atoms with van der Waals surface area (Å²) in [4.78, 5) is 36.5. The fourth-order valence-electron chi connectivity index (χ4n) is 2.48. The molecule has 7 nitrogen and oxygen atoms in total. The van der Waals surface area contributed by atoms with Gasteiger partial charge in [-0.3, -0.25) is 4.79 Å². The van der Waals surface area contributed by atoms with Crippen LogP contribution in [0.2, 0.25) is 0 Å². The standard InChI is InChI=1S/C17H18N2O5/c1-5-24-16(22)12(10-20)17(3,23-4)15(21)14-11(2)18-19-9-7-6-8-13(14)19/h6-9H,5H2,1-4H3. The number of rotatable bonds is 6. The monoisotopic (exact) mass is 330 g/mol. The molecule has 0 aliphatic rings. The van der Waals surface area contributed by atoms with Gasteiger partial charge in [0.1, 0.15) is 5.94 Å². The van der Waals surface area contributed by atoms with E-state index >= 15 is 0 Å². The van der Waals surface area contributed by atoms with Crippen molar-refractivity contribution in [1.82, 2.24) is 9.61 Å². The first kappa shape index (κ1) is 17.6. The van der Waals surface area contributed by atoms with Crippen LogP contribution in [0.1, 0.15) is 29.9 Å². The van der Waals surface area contributed by atoms with Crippen molar-refractivity contribution in [2.24, 2.45) is 0 Å². The van der Waals surface area contributed by atoms with Crippen LogP contribution in [0.25, 0.3) is 5.52 Å². The van der Waals surface area contributed by atoms with E-state index in [1.54, 1.807) is 42.8 Å². The van der Waals surface area contributed by atoms with E-state index in [-0.39, 0.29) is 12.2 Å². The summed E-state index contributed by atoms with van der Waals surface area (Å²) in [5, 5.41) is 4.26. The first-order chi connectivity index (χ1) is 11.4. The average Bonchev–Trinajstić information content (AvgIpc) is 2.90. The molecule has 0 saturated heterocycles. The van der Waals surface area contributed by atoms with Crippen LogP contribution < -0.4 is 0 Å². The van der Waals surface area contributed by atoms with E-state index < -0.39 is 22.9 Å². The molecule has 2 heterocycles. The van der Waals surface area contributed by atoms with Gasteiger partial charge >= 0.3 is 5.97 Å². The van der Waals surface area contributed by atoms with Gasteiger partial charge in [0.15, 0.2) is 11.2 Å². The molecule has 0 radical (unpaired) electrons. The van der Waals surface area contributed by atoms with Crippen LogP contribution in [-0.2, 0) is 19.1 Å². The summed E-state index contributed by atoms with van der Waals surface area (Å²) in [6.45, 7) is 4.68. The Bertz CT molecular complexity index is 848. The van der Waals surface area contributed by atoms with Crippen molar-refractivity contribution in [2.75, 3.05) is 13.7 Å². The van der Waals surface area contributed by atoms with E-state index in [0.717, 1.165) is 0 Å². The first-order valence-electron chi connectivity index (χ1n) is 7.37. The molecule has 2 aromatic rings. The zero-order chi connectivity index (χ0) is 17.9. The van der Waals surface area contributed by atoms with Gasteiger partial charge in [0.2, 0.25) is 5.78 Å². The van der Waals surface area contributed by atoms with Gasteiger partial charge in [0, 0.05) is 13.3 Å². The normalized spacial score (nSPS) is 13.2. The molecule has 0 aliphatic heterocycles. The highest BCUT2D eigenvalue weighted by atomic mass is 16.5. The van der Waals surface area contributed by atoms with Crippen molar-refractivity contribution in [2.45, 2.75) is 26.4 Å². The Hall–Kier alpha value is -2.76. The highest BCUT2D eigenvalue weighted by Crippen LogP contribution is 2.28. The number of methoxy groups -OCH3 is 1. The largest absolute Gasteiger partial charge is 0.462 e. The number of nitrogens with zero attached hydrogens (tertiary/aromatic N) is 2. The van der Waals surface area contributed by atoms with E-state index in [4.69, 9.17) is 9.47 Å². The summed E-state index contributed by atoms with van der Waals surface area (Å²) in [6, 6.07) is 5.26. The molecule has 0 aliphatic carbocycles. The maximum absolute atomic E-state index is 13.1. The molecule has 24 heavy (non-hydrogen) atoms. The number of carbonyl (C=O) groups excluding carboxylic acids is 3. The molecule has 2 rings (SSSR count). The van der Waals surface area contributed by atoms with Crippen molar-refractivity contribution < 1.29 is 23.9 Å². The Balaban J connectivity index is 2.60. The van der Waals surface area contributed by atoms with Crippen molar-refractivity contribution in [3.05, 3.63) is 41.2 Å². The van der Waals surface area contributed by atoms with Crippen LogP contribution in [0.5, 0.6) is 0 Å². The first-order valence-corrected chi connectivity index (χ1v) is 7.37. The number of ether oxygens (including phenoxy) is 2. The highest BCUT2D eigenvalue weighted by molar-refractivity contribution is 6.16. The number of pyridine rings is 1. The maximum atomic E-state index is 13.1. The summed E-state index contributed by atoms with van der Waals surface area (Å²) in [6.07, 6.45) is 1.70. The lowest BCUT2D eigenvalue weighted by Crippen LogP contribution is -2.43. The smallest absolute Gasteiger partial charge is 0.348 e. The molecule has 0 aromatic carbocycles. The predicted octanol–water partition coefficient (Wildman–Crippen LogP) is 1.55. The van der Waals surface area contributed by atoms with Crippen LogP contribution in [0.3, 0.4) is 0 Å². The van der Waals surface area contributed by atoms with Crippen LogP contribution >= 0.6 is 0 Å². The SMILES string of the molecule is CCOC(=O)C(=C=O)C(C)(OC)C(=O)c1c(C)nn2ccccc12. The summed E-state index contributed by atoms with van der Waals surface area (Å²) in [5.74, 6) is 0.0164. The molecule has 126 valence electrons. The number of Topliss-reactive ketones (excluding diaryl/α,β-unsaturated/α-hetero) is 1. The fraction of sp³-hybridized carbons (Fsp3) is 0.353. The Morgan fingerprint density at radius 2 is 2.08 bits per heavy atom. The topological polar surface area (TPSA) is 87.0 Å². The molecule has 0 N–H and O–H groups in total. The van der Waals surface area contributed by atoms with Crippen LogP contribution in [0, 0.1) is 6.92 Å². The van der Waals surface area contributed by atoms with Gasteiger partial charge in [-0.1, -0.05) is 6.07 Å². The molecule has 0 fully saturated rings. The number of aryl methyl sites for hydroxylation is 1. The molecule has 7 heteroatoms. The van der Waals surface area contributed by atoms with Gasteiger partial charge in [-0.25, -0.2) is 14.1 Å². The second-order valence-corrected chi connectivity index (χ2v) is 5.25. The predicted molar refractivity (Wildman–Crippen MR) is 85.5 cm³/mol. The molecule has 2 aromatic heterocycles. The van der Waals surface area contributed by atoms with Crippen LogP contribution in [-0.4, -0.2) is 46.6 Å². The molecule has 0 amide bonds. The van der Waals surface area contributed by atoms with E-state index in [1.807, 2.05) is 0 Å². The van der Waals surface area contributed by atoms with E-state index in [9.17, 15) is 14.4 Å². The van der Waals surface area contributed by atoms with Gasteiger partial charge in [0.05, 0.1) is 23.4 Å². The third-order valence-electron chi connectivity index (χ3n) is 3.84.